The first-order valence-corrected chi connectivity index (χ1v) is 8.78. The van der Waals surface area contributed by atoms with Gasteiger partial charge in [0.15, 0.2) is 11.5 Å². The van der Waals surface area contributed by atoms with E-state index in [0.29, 0.717) is 5.41 Å². The molecule has 0 bridgehead atoms. The van der Waals surface area contributed by atoms with Gasteiger partial charge in [0.2, 0.25) is 0 Å². The Kier molecular flexibility index (Phi) is 4.95. The fourth-order valence-electron chi connectivity index (χ4n) is 3.79. The van der Waals surface area contributed by atoms with Crippen LogP contribution in [0.5, 0.6) is 11.5 Å². The lowest BCUT2D eigenvalue weighted by Gasteiger charge is -2.34. The summed E-state index contributed by atoms with van der Waals surface area (Å²) in [4.78, 5) is 2.58. The van der Waals surface area contributed by atoms with E-state index in [4.69, 9.17) is 9.47 Å². The van der Waals surface area contributed by atoms with E-state index in [2.05, 4.69) is 32.2 Å². The van der Waals surface area contributed by atoms with Crippen LogP contribution in [0.4, 0.5) is 0 Å². The van der Waals surface area contributed by atoms with Crippen LogP contribution in [0.3, 0.4) is 0 Å². The summed E-state index contributed by atoms with van der Waals surface area (Å²) in [5.41, 5.74) is 1.82. The molecule has 5 heteroatoms. The Morgan fingerprint density at radius 2 is 1.82 bits per heavy atom. The van der Waals surface area contributed by atoms with Gasteiger partial charge in [-0.25, -0.2) is 0 Å². The zero-order chi connectivity index (χ0) is 15.6. The zero-order valence-electron chi connectivity index (χ0n) is 13.5. The van der Waals surface area contributed by atoms with E-state index in [0.717, 1.165) is 22.5 Å². The highest BCUT2D eigenvalue weighted by atomic mass is 79.9. The van der Waals surface area contributed by atoms with Crippen LogP contribution in [0.1, 0.15) is 24.8 Å². The van der Waals surface area contributed by atoms with Crippen LogP contribution in [-0.4, -0.2) is 45.3 Å². The smallest absolute Gasteiger partial charge is 0.161 e. The quantitative estimate of drug-likeness (QED) is 0.885. The molecule has 1 aromatic carbocycles. The minimum atomic E-state index is 0.550. The van der Waals surface area contributed by atoms with Gasteiger partial charge in [0.1, 0.15) is 0 Å². The summed E-state index contributed by atoms with van der Waals surface area (Å²) in [6.45, 7) is 5.73. The maximum atomic E-state index is 5.43. The molecule has 1 N–H and O–H groups in total. The van der Waals surface area contributed by atoms with Crippen LogP contribution in [0, 0.1) is 5.41 Å². The number of halogens is 1. The lowest BCUT2D eigenvalue weighted by Crippen LogP contribution is -2.38. The highest BCUT2D eigenvalue weighted by Crippen LogP contribution is 2.40. The van der Waals surface area contributed by atoms with Crippen molar-refractivity contribution in [3.63, 3.8) is 0 Å². The minimum Gasteiger partial charge on any atom is -0.493 e. The van der Waals surface area contributed by atoms with E-state index in [9.17, 15) is 0 Å². The van der Waals surface area contributed by atoms with Crippen molar-refractivity contribution in [2.45, 2.75) is 25.8 Å². The van der Waals surface area contributed by atoms with Crippen molar-refractivity contribution in [2.75, 3.05) is 40.4 Å². The number of piperidine rings is 1. The molecule has 2 aliphatic rings. The highest BCUT2D eigenvalue weighted by molar-refractivity contribution is 9.10. The second kappa shape index (κ2) is 6.77. The average Bonchev–Trinajstić information content (AvgIpc) is 2.91. The monoisotopic (exact) mass is 368 g/mol. The van der Waals surface area contributed by atoms with Gasteiger partial charge >= 0.3 is 0 Å². The Bertz CT molecular complexity index is 530. The molecule has 0 radical (unpaired) electrons. The van der Waals surface area contributed by atoms with Crippen molar-refractivity contribution in [3.05, 3.63) is 22.2 Å². The van der Waals surface area contributed by atoms with Crippen molar-refractivity contribution >= 4 is 15.9 Å². The van der Waals surface area contributed by atoms with Gasteiger partial charge in [0.25, 0.3) is 0 Å². The molecule has 1 spiro atoms. The molecule has 1 aromatic rings. The Morgan fingerprint density at radius 3 is 2.50 bits per heavy atom. The summed E-state index contributed by atoms with van der Waals surface area (Å²) < 4.78 is 11.9. The number of hydrogen-bond donors (Lipinski definition) is 1. The molecule has 2 aliphatic heterocycles. The second-order valence-electron chi connectivity index (χ2n) is 6.51. The Morgan fingerprint density at radius 1 is 1.14 bits per heavy atom. The number of hydrogen-bond acceptors (Lipinski definition) is 4. The molecule has 0 aromatic heterocycles. The number of rotatable bonds is 4. The zero-order valence-corrected chi connectivity index (χ0v) is 15.0. The molecule has 0 amide bonds. The molecule has 0 atom stereocenters. The number of nitrogens with one attached hydrogen (secondary N) is 1. The largest absolute Gasteiger partial charge is 0.493 e. The molecule has 0 aliphatic carbocycles. The number of methoxy groups -OCH3 is 2. The van der Waals surface area contributed by atoms with Gasteiger partial charge in [-0.1, -0.05) is 15.9 Å². The third-order valence-corrected chi connectivity index (χ3v) is 5.87. The van der Waals surface area contributed by atoms with Gasteiger partial charge < -0.3 is 14.8 Å². The molecule has 2 heterocycles. The normalized spacial score (nSPS) is 21.2. The van der Waals surface area contributed by atoms with E-state index in [1.54, 1.807) is 14.2 Å². The van der Waals surface area contributed by atoms with Gasteiger partial charge in [-0.2, -0.15) is 0 Å². The molecular formula is C17H25BrN2O2. The van der Waals surface area contributed by atoms with Gasteiger partial charge in [0, 0.05) is 17.6 Å². The van der Waals surface area contributed by atoms with Gasteiger partial charge in [-0.15, -0.1) is 0 Å². The first kappa shape index (κ1) is 16.1. The minimum absolute atomic E-state index is 0.550. The van der Waals surface area contributed by atoms with E-state index >= 15 is 0 Å². The fraction of sp³-hybridized carbons (Fsp3) is 0.647. The first-order valence-electron chi connectivity index (χ1n) is 7.99. The van der Waals surface area contributed by atoms with E-state index in [1.165, 1.54) is 51.0 Å². The van der Waals surface area contributed by atoms with E-state index in [-0.39, 0.29) is 0 Å². The molecule has 2 fully saturated rings. The molecule has 3 rings (SSSR count). The Hall–Kier alpha value is -0.780. The predicted molar refractivity (Wildman–Crippen MR) is 91.7 cm³/mol. The topological polar surface area (TPSA) is 33.7 Å². The molecule has 2 saturated heterocycles. The molecule has 22 heavy (non-hydrogen) atoms. The number of ether oxygens (including phenoxy) is 2. The van der Waals surface area contributed by atoms with Gasteiger partial charge in [-0.05, 0) is 62.0 Å². The highest BCUT2D eigenvalue weighted by Gasteiger charge is 2.38. The summed E-state index contributed by atoms with van der Waals surface area (Å²) in [5, 5.41) is 3.48. The van der Waals surface area contributed by atoms with Crippen LogP contribution in [0.25, 0.3) is 0 Å². The molecule has 4 nitrogen and oxygen atoms in total. The molecule has 0 unspecified atom stereocenters. The lowest BCUT2D eigenvalue weighted by molar-refractivity contribution is 0.194. The fourth-order valence-corrected chi connectivity index (χ4v) is 4.23. The van der Waals surface area contributed by atoms with Crippen LogP contribution >= 0.6 is 15.9 Å². The van der Waals surface area contributed by atoms with Crippen LogP contribution < -0.4 is 14.8 Å². The Labute approximate surface area is 141 Å². The first-order chi connectivity index (χ1) is 10.7. The average molecular weight is 369 g/mol. The molecule has 0 saturated carbocycles. The molecule has 122 valence electrons. The van der Waals surface area contributed by atoms with E-state index in [1.807, 2.05) is 6.07 Å². The maximum Gasteiger partial charge on any atom is 0.161 e. The second-order valence-corrected chi connectivity index (χ2v) is 7.36. The summed E-state index contributed by atoms with van der Waals surface area (Å²) in [6, 6.07) is 4.10. The summed E-state index contributed by atoms with van der Waals surface area (Å²) in [5.74, 6) is 1.57. The Balaban J connectivity index is 1.71. The number of benzene rings is 1. The van der Waals surface area contributed by atoms with Crippen molar-refractivity contribution < 1.29 is 9.47 Å². The van der Waals surface area contributed by atoms with Crippen molar-refractivity contribution in [1.29, 1.82) is 0 Å². The summed E-state index contributed by atoms with van der Waals surface area (Å²) in [7, 11) is 3.36. The van der Waals surface area contributed by atoms with Crippen LogP contribution in [0.2, 0.25) is 0 Å². The van der Waals surface area contributed by atoms with Crippen molar-refractivity contribution in [3.8, 4) is 11.5 Å². The third-order valence-electron chi connectivity index (χ3n) is 5.13. The van der Waals surface area contributed by atoms with E-state index < -0.39 is 0 Å². The SMILES string of the molecule is COc1cc(Br)c(CN2CCC3(CCNCC3)C2)cc1OC. The van der Waals surface area contributed by atoms with Gasteiger partial charge in [0.05, 0.1) is 14.2 Å². The predicted octanol–water partition coefficient (Wildman–Crippen LogP) is 3.04. The van der Waals surface area contributed by atoms with Crippen molar-refractivity contribution in [1.82, 2.24) is 10.2 Å². The standard InChI is InChI=1S/C17H25BrN2O2/c1-21-15-9-13(14(18)10-16(15)22-2)11-20-8-5-17(12-20)3-6-19-7-4-17/h9-10,19H,3-8,11-12H2,1-2H3. The van der Waals surface area contributed by atoms with Gasteiger partial charge in [-0.3, -0.25) is 4.90 Å². The maximum absolute atomic E-state index is 5.43. The third kappa shape index (κ3) is 3.26. The number of nitrogens with zero attached hydrogens (tertiary/aromatic N) is 1. The lowest BCUT2D eigenvalue weighted by atomic mass is 9.78. The van der Waals surface area contributed by atoms with Crippen molar-refractivity contribution in [2.24, 2.45) is 5.41 Å². The summed E-state index contributed by atoms with van der Waals surface area (Å²) >= 11 is 3.67. The van der Waals surface area contributed by atoms with Crippen LogP contribution in [0.15, 0.2) is 16.6 Å². The molecular weight excluding hydrogens is 344 g/mol. The summed E-state index contributed by atoms with van der Waals surface area (Å²) in [6.07, 6.45) is 3.97. The number of likely N-dealkylation sites (tertiary alicyclic amines) is 1. The van der Waals surface area contributed by atoms with Crippen LogP contribution in [-0.2, 0) is 6.54 Å².